The zero-order chi connectivity index (χ0) is 6.53. The van der Waals surface area contributed by atoms with E-state index in [-0.39, 0.29) is 0 Å². The van der Waals surface area contributed by atoms with Gasteiger partial charge in [-0.25, -0.2) is 0 Å². The molecule has 44 valence electrons. The van der Waals surface area contributed by atoms with E-state index in [1.807, 2.05) is 6.07 Å². The Kier molecular flexibility index (Phi) is 1.66. The van der Waals surface area contributed by atoms with Crippen LogP contribution in [0.25, 0.3) is 5.14 Å². The number of hydrogen-bond donors (Lipinski definition) is 0. The normalized spacial score (nSPS) is 7.89. The van der Waals surface area contributed by atoms with Gasteiger partial charge in [-0.3, -0.25) is 0 Å². The maximum atomic E-state index is 7.92. The van der Waals surface area contributed by atoms with Gasteiger partial charge in [-0.05, 0) is 12.1 Å². The summed E-state index contributed by atoms with van der Waals surface area (Å²) in [7, 11) is 0. The van der Waals surface area contributed by atoms with Crippen molar-refractivity contribution in [3.63, 3.8) is 0 Å². The van der Waals surface area contributed by atoms with Gasteiger partial charge in [-0.1, -0.05) is 23.0 Å². The third kappa shape index (κ3) is 1.42. The van der Waals surface area contributed by atoms with Crippen LogP contribution in [0.2, 0.25) is 0 Å². The van der Waals surface area contributed by atoms with Crippen molar-refractivity contribution in [3.05, 3.63) is 35.5 Å². The molecule has 0 atom stereocenters. The molecule has 0 saturated heterocycles. The number of rotatable bonds is 1. The minimum absolute atomic E-state index is 0.528. The van der Waals surface area contributed by atoms with Gasteiger partial charge in [0, 0.05) is 0 Å². The van der Waals surface area contributed by atoms with Crippen molar-refractivity contribution in [3.8, 4) is 5.75 Å². The second-order valence-corrected chi connectivity index (χ2v) is 1.49. The monoisotopic (exact) mass is 121 g/mol. The van der Waals surface area contributed by atoms with Gasteiger partial charge >= 0.3 is 5.14 Å². The number of benzene rings is 1. The van der Waals surface area contributed by atoms with Crippen LogP contribution in [0.15, 0.2) is 30.3 Å². The predicted molar refractivity (Wildman–Crippen MR) is 32.2 cm³/mol. The van der Waals surface area contributed by atoms with Crippen LogP contribution in [0, 0.1) is 5.39 Å². The van der Waals surface area contributed by atoms with Crippen molar-refractivity contribution in [2.75, 3.05) is 0 Å². The van der Waals surface area contributed by atoms with Gasteiger partial charge in [0.05, 0.1) is 0 Å². The van der Waals surface area contributed by atoms with Crippen LogP contribution in [-0.2, 0) is 0 Å². The molecular formula is C6H5N2O+. The Morgan fingerprint density at radius 1 is 1.22 bits per heavy atom. The highest BCUT2D eigenvalue weighted by molar-refractivity contribution is 5.20. The highest BCUT2D eigenvalue weighted by atomic mass is 16.6. The van der Waals surface area contributed by atoms with Crippen LogP contribution in [0.3, 0.4) is 0 Å². The minimum Gasteiger partial charge on any atom is -0.0898 e. The van der Waals surface area contributed by atoms with Crippen LogP contribution in [0.1, 0.15) is 0 Å². The smallest absolute Gasteiger partial charge is 0.0898 e. The summed E-state index contributed by atoms with van der Waals surface area (Å²) in [6.45, 7) is 0. The van der Waals surface area contributed by atoms with Crippen molar-refractivity contribution in [1.29, 1.82) is 5.39 Å². The topological polar surface area (TPSA) is 37.4 Å². The van der Waals surface area contributed by atoms with Crippen molar-refractivity contribution < 1.29 is 4.84 Å². The maximum absolute atomic E-state index is 7.92. The quantitative estimate of drug-likeness (QED) is 0.420. The van der Waals surface area contributed by atoms with Crippen LogP contribution in [0.4, 0.5) is 0 Å². The summed E-state index contributed by atoms with van der Waals surface area (Å²) in [5, 5.41) is 10.4. The zero-order valence-corrected chi connectivity index (χ0v) is 4.69. The molecule has 0 heterocycles. The second-order valence-electron chi connectivity index (χ2n) is 1.49. The number of hydrogen-bond acceptors (Lipinski definition) is 2. The average Bonchev–Trinajstić information content (AvgIpc) is 1.91. The highest BCUT2D eigenvalue weighted by Gasteiger charge is 1.95. The van der Waals surface area contributed by atoms with E-state index in [0.29, 0.717) is 5.75 Å². The first-order valence-corrected chi connectivity index (χ1v) is 2.50. The van der Waals surface area contributed by atoms with E-state index in [1.165, 1.54) is 0 Å². The van der Waals surface area contributed by atoms with Gasteiger partial charge in [0.15, 0.2) is 0 Å². The van der Waals surface area contributed by atoms with Gasteiger partial charge in [-0.15, -0.1) is 0 Å². The van der Waals surface area contributed by atoms with Gasteiger partial charge in [-0.2, -0.15) is 0 Å². The first-order chi connectivity index (χ1) is 4.43. The molecule has 0 aliphatic rings. The lowest BCUT2D eigenvalue weighted by Crippen LogP contribution is -1.74. The van der Waals surface area contributed by atoms with E-state index < -0.39 is 0 Å². The lowest BCUT2D eigenvalue weighted by atomic mass is 10.3. The molecule has 0 amide bonds. The SMILES string of the molecule is N#[N+]Oc1ccccc1. The third-order valence-corrected chi connectivity index (χ3v) is 0.889. The predicted octanol–water partition coefficient (Wildman–Crippen LogP) is 1.83. The fourth-order valence-electron chi connectivity index (χ4n) is 0.528. The molecule has 1 rings (SSSR count). The minimum atomic E-state index is 0.528. The van der Waals surface area contributed by atoms with Crippen LogP contribution < -0.4 is 4.84 Å². The van der Waals surface area contributed by atoms with E-state index in [9.17, 15) is 0 Å². The first kappa shape index (κ1) is 5.57. The molecule has 1 aromatic carbocycles. The molecule has 0 saturated carbocycles. The summed E-state index contributed by atoms with van der Waals surface area (Å²) in [6, 6.07) is 8.82. The standard InChI is InChI=1S/C6H5N2O/c7-8-9-6-4-2-1-3-5-6/h1-5H/q+1. The van der Waals surface area contributed by atoms with Gasteiger partial charge < -0.3 is 0 Å². The fourth-order valence-corrected chi connectivity index (χ4v) is 0.528. The number of diazo groups is 1. The summed E-state index contributed by atoms with van der Waals surface area (Å²) in [5.41, 5.74) is 0. The van der Waals surface area contributed by atoms with Gasteiger partial charge in [0.2, 0.25) is 5.75 Å². The summed E-state index contributed by atoms with van der Waals surface area (Å²) < 4.78 is 0. The Morgan fingerprint density at radius 2 is 1.89 bits per heavy atom. The van der Waals surface area contributed by atoms with Crippen LogP contribution in [-0.4, -0.2) is 0 Å². The first-order valence-electron chi connectivity index (χ1n) is 2.50. The molecule has 0 radical (unpaired) electrons. The second kappa shape index (κ2) is 2.68. The Hall–Kier alpha value is -1.56. The lowest BCUT2D eigenvalue weighted by molar-refractivity contribution is 0.457. The molecule has 0 fully saturated rings. The molecule has 3 heteroatoms. The summed E-state index contributed by atoms with van der Waals surface area (Å²) in [6.07, 6.45) is 0. The Morgan fingerprint density at radius 3 is 2.44 bits per heavy atom. The number of para-hydroxylation sites is 1. The third-order valence-electron chi connectivity index (χ3n) is 0.889. The zero-order valence-electron chi connectivity index (χ0n) is 4.69. The van der Waals surface area contributed by atoms with Crippen molar-refractivity contribution in [2.24, 2.45) is 0 Å². The fraction of sp³-hybridized carbons (Fsp3) is 0. The molecule has 0 unspecified atom stereocenters. The molecular weight excluding hydrogens is 116 g/mol. The summed E-state index contributed by atoms with van der Waals surface area (Å²) >= 11 is 0. The molecule has 0 N–H and O–H groups in total. The van der Waals surface area contributed by atoms with E-state index in [2.05, 4.69) is 9.98 Å². The van der Waals surface area contributed by atoms with Crippen molar-refractivity contribution >= 4 is 0 Å². The molecule has 0 aliphatic carbocycles. The molecule has 9 heavy (non-hydrogen) atoms. The largest absolute Gasteiger partial charge is 0.462 e. The molecule has 0 spiro atoms. The molecule has 0 aliphatic heterocycles. The Labute approximate surface area is 52.5 Å². The van der Waals surface area contributed by atoms with E-state index >= 15 is 0 Å². The van der Waals surface area contributed by atoms with Crippen molar-refractivity contribution in [2.45, 2.75) is 0 Å². The molecule has 1 aromatic rings. The molecule has 0 aromatic heterocycles. The van der Waals surface area contributed by atoms with Crippen LogP contribution >= 0.6 is 0 Å². The lowest BCUT2D eigenvalue weighted by Gasteiger charge is -1.80. The van der Waals surface area contributed by atoms with Gasteiger partial charge in [0.1, 0.15) is 0 Å². The maximum Gasteiger partial charge on any atom is 0.462 e. The average molecular weight is 121 g/mol. The summed E-state index contributed by atoms with van der Waals surface area (Å²) in [4.78, 5) is 4.39. The van der Waals surface area contributed by atoms with E-state index in [4.69, 9.17) is 5.39 Å². The highest BCUT2D eigenvalue weighted by Crippen LogP contribution is 2.07. The van der Waals surface area contributed by atoms with Gasteiger partial charge in [0.25, 0.3) is 5.39 Å². The summed E-state index contributed by atoms with van der Waals surface area (Å²) in [5.74, 6) is 0.528. The molecule has 0 bridgehead atoms. The molecule has 3 nitrogen and oxygen atoms in total. The Bertz CT molecular complexity index is 214. The van der Waals surface area contributed by atoms with Crippen LogP contribution in [0.5, 0.6) is 5.75 Å². The number of nitrogens with zero attached hydrogens (tertiary/aromatic N) is 2. The van der Waals surface area contributed by atoms with E-state index in [1.54, 1.807) is 24.3 Å². The van der Waals surface area contributed by atoms with E-state index in [0.717, 1.165) is 0 Å². The Balaban J connectivity index is 2.76. The van der Waals surface area contributed by atoms with Crippen molar-refractivity contribution in [1.82, 2.24) is 0 Å².